The number of hydrogen-bond donors (Lipinski definition) is 2. The molecule has 0 aliphatic heterocycles. The van der Waals surface area contributed by atoms with Crippen LogP contribution in [0.15, 0.2) is 48.5 Å². The number of hydrogen-bond acceptors (Lipinski definition) is 7. The van der Waals surface area contributed by atoms with Gasteiger partial charge in [-0.1, -0.05) is 19.9 Å². The first-order valence-electron chi connectivity index (χ1n) is 11.9. The van der Waals surface area contributed by atoms with Crippen LogP contribution < -0.4 is 20.1 Å². The van der Waals surface area contributed by atoms with Gasteiger partial charge in [0, 0.05) is 12.5 Å². The molecule has 0 fully saturated rings. The summed E-state index contributed by atoms with van der Waals surface area (Å²) in [5.41, 5.74) is 1.61. The van der Waals surface area contributed by atoms with Crippen molar-refractivity contribution in [1.82, 2.24) is 20.4 Å². The van der Waals surface area contributed by atoms with E-state index in [-0.39, 0.29) is 24.6 Å². The lowest BCUT2D eigenvalue weighted by Gasteiger charge is -2.21. The van der Waals surface area contributed by atoms with Gasteiger partial charge in [-0.3, -0.25) is 14.4 Å². The molecule has 202 valence electrons. The largest absolute Gasteiger partial charge is 0.496 e. The molecule has 2 aromatic carbocycles. The molecule has 0 saturated heterocycles. The predicted molar refractivity (Wildman–Crippen MR) is 138 cm³/mol. The Labute approximate surface area is 220 Å². The number of ether oxygens (including phenoxy) is 3. The number of carbonyl (C=O) groups is 3. The van der Waals surface area contributed by atoms with Crippen LogP contribution in [0.3, 0.4) is 0 Å². The molecule has 38 heavy (non-hydrogen) atoms. The summed E-state index contributed by atoms with van der Waals surface area (Å²) in [6.45, 7) is 3.46. The highest BCUT2D eigenvalue weighted by molar-refractivity contribution is 5.95. The van der Waals surface area contributed by atoms with Crippen molar-refractivity contribution in [2.75, 3.05) is 27.9 Å². The summed E-state index contributed by atoms with van der Waals surface area (Å²) in [5.74, 6) is -1.04. The van der Waals surface area contributed by atoms with Crippen LogP contribution in [0.1, 0.15) is 30.8 Å². The Hall–Kier alpha value is -4.41. The molecule has 1 heterocycles. The van der Waals surface area contributed by atoms with Crippen molar-refractivity contribution >= 4 is 17.8 Å². The molecule has 0 radical (unpaired) electrons. The molecule has 0 bridgehead atoms. The van der Waals surface area contributed by atoms with E-state index in [4.69, 9.17) is 9.47 Å². The van der Waals surface area contributed by atoms with Gasteiger partial charge in [-0.05, 0) is 48.4 Å². The second-order valence-corrected chi connectivity index (χ2v) is 8.72. The smallest absolute Gasteiger partial charge is 0.325 e. The van der Waals surface area contributed by atoms with Crippen LogP contribution in [-0.2, 0) is 14.3 Å². The summed E-state index contributed by atoms with van der Waals surface area (Å²) < 4.78 is 30.8. The number of methoxy groups -OCH3 is 3. The zero-order valence-electron chi connectivity index (χ0n) is 21.9. The van der Waals surface area contributed by atoms with Crippen molar-refractivity contribution in [1.29, 1.82) is 0 Å². The van der Waals surface area contributed by atoms with Gasteiger partial charge in [0.2, 0.25) is 5.91 Å². The lowest BCUT2D eigenvalue weighted by Crippen LogP contribution is -2.43. The van der Waals surface area contributed by atoms with E-state index in [2.05, 4.69) is 20.5 Å². The maximum Gasteiger partial charge on any atom is 0.325 e. The number of nitrogens with one attached hydrogen (secondary N) is 2. The quantitative estimate of drug-likeness (QED) is 0.368. The van der Waals surface area contributed by atoms with Crippen molar-refractivity contribution in [2.24, 2.45) is 5.92 Å². The van der Waals surface area contributed by atoms with Gasteiger partial charge in [0.15, 0.2) is 5.69 Å². The van der Waals surface area contributed by atoms with Gasteiger partial charge in [-0.25, -0.2) is 9.07 Å². The topological polar surface area (TPSA) is 121 Å². The van der Waals surface area contributed by atoms with Crippen LogP contribution in [0.5, 0.6) is 11.5 Å². The maximum absolute atomic E-state index is 13.6. The molecule has 1 aromatic heterocycles. The van der Waals surface area contributed by atoms with Crippen LogP contribution in [0.2, 0.25) is 0 Å². The highest BCUT2D eigenvalue weighted by atomic mass is 19.1. The SMILES string of the molecule is COC(=O)CNC(=O)CC(NC(=O)c1cc(-c2c(OC)cccc2OC)n(-c2ccc(F)cc2)n1)C(C)C. The van der Waals surface area contributed by atoms with Crippen LogP contribution in [-0.4, -0.2) is 61.5 Å². The van der Waals surface area contributed by atoms with Crippen LogP contribution in [0, 0.1) is 11.7 Å². The molecule has 2 amide bonds. The molecule has 3 aromatic rings. The minimum atomic E-state index is -0.575. The summed E-state index contributed by atoms with van der Waals surface area (Å²) >= 11 is 0. The first-order valence-corrected chi connectivity index (χ1v) is 11.9. The maximum atomic E-state index is 13.6. The van der Waals surface area contributed by atoms with Gasteiger partial charge in [0.1, 0.15) is 23.9 Å². The van der Waals surface area contributed by atoms with Crippen LogP contribution >= 0.6 is 0 Å². The summed E-state index contributed by atoms with van der Waals surface area (Å²) in [4.78, 5) is 37.0. The lowest BCUT2D eigenvalue weighted by atomic mass is 10.00. The number of rotatable bonds is 11. The number of benzene rings is 2. The predicted octanol–water partition coefficient (Wildman–Crippen LogP) is 3.13. The number of amides is 2. The molecule has 2 N–H and O–H groups in total. The third kappa shape index (κ3) is 6.67. The Morgan fingerprint density at radius 2 is 1.63 bits per heavy atom. The summed E-state index contributed by atoms with van der Waals surface area (Å²) in [6, 6.07) is 12.0. The molecule has 1 unspecified atom stereocenters. The third-order valence-electron chi connectivity index (χ3n) is 5.88. The third-order valence-corrected chi connectivity index (χ3v) is 5.88. The second-order valence-electron chi connectivity index (χ2n) is 8.72. The monoisotopic (exact) mass is 526 g/mol. The number of aromatic nitrogens is 2. The Morgan fingerprint density at radius 1 is 1.00 bits per heavy atom. The molecule has 11 heteroatoms. The van der Waals surface area contributed by atoms with E-state index in [1.165, 1.54) is 50.3 Å². The molecular weight excluding hydrogens is 495 g/mol. The van der Waals surface area contributed by atoms with E-state index in [0.29, 0.717) is 28.4 Å². The molecular formula is C27H31FN4O6. The molecule has 0 spiro atoms. The van der Waals surface area contributed by atoms with E-state index in [0.717, 1.165) is 0 Å². The lowest BCUT2D eigenvalue weighted by molar-refractivity contribution is -0.141. The summed E-state index contributed by atoms with van der Waals surface area (Å²) in [7, 11) is 4.26. The standard InChI is InChI=1S/C27H31FN4O6/c1-16(2)19(14-24(33)29-15-25(34)38-5)30-27(35)20-13-21(26-22(36-3)7-6-8-23(26)37-4)32(31-20)18-11-9-17(28)10-12-18/h6-13,16,19H,14-15H2,1-5H3,(H,29,33)(H,30,35). The van der Waals surface area contributed by atoms with E-state index in [9.17, 15) is 18.8 Å². The Kier molecular flexibility index (Phi) is 9.42. The van der Waals surface area contributed by atoms with E-state index < -0.39 is 29.6 Å². The Morgan fingerprint density at radius 3 is 2.18 bits per heavy atom. The number of nitrogens with zero attached hydrogens (tertiary/aromatic N) is 2. The molecule has 0 aliphatic rings. The van der Waals surface area contributed by atoms with Crippen molar-refractivity contribution < 1.29 is 33.0 Å². The molecule has 1 atom stereocenters. The fourth-order valence-corrected chi connectivity index (χ4v) is 3.76. The minimum absolute atomic E-state index is 0.0493. The molecule has 3 rings (SSSR count). The fraction of sp³-hybridized carbons (Fsp3) is 0.333. The van der Waals surface area contributed by atoms with Crippen molar-refractivity contribution in [3.05, 3.63) is 60.0 Å². The van der Waals surface area contributed by atoms with Gasteiger partial charge < -0.3 is 24.8 Å². The Bertz CT molecular complexity index is 1270. The van der Waals surface area contributed by atoms with Crippen LogP contribution in [0.25, 0.3) is 16.9 Å². The Balaban J connectivity index is 1.98. The fourth-order valence-electron chi connectivity index (χ4n) is 3.76. The van der Waals surface area contributed by atoms with Gasteiger partial charge in [0.05, 0.1) is 38.3 Å². The van der Waals surface area contributed by atoms with Crippen molar-refractivity contribution in [3.63, 3.8) is 0 Å². The summed E-state index contributed by atoms with van der Waals surface area (Å²) in [6.07, 6.45) is -0.0493. The minimum Gasteiger partial charge on any atom is -0.496 e. The molecule has 10 nitrogen and oxygen atoms in total. The van der Waals surface area contributed by atoms with Gasteiger partial charge >= 0.3 is 5.97 Å². The average molecular weight is 527 g/mol. The van der Waals surface area contributed by atoms with Crippen molar-refractivity contribution in [2.45, 2.75) is 26.3 Å². The first-order chi connectivity index (χ1) is 18.2. The number of halogens is 1. The number of carbonyl (C=O) groups excluding carboxylic acids is 3. The van der Waals surface area contributed by atoms with E-state index >= 15 is 0 Å². The summed E-state index contributed by atoms with van der Waals surface area (Å²) in [5, 5.41) is 9.84. The second kappa shape index (κ2) is 12.7. The van der Waals surface area contributed by atoms with Crippen LogP contribution in [0.4, 0.5) is 4.39 Å². The highest BCUT2D eigenvalue weighted by Gasteiger charge is 2.25. The normalized spacial score (nSPS) is 11.6. The van der Waals surface area contributed by atoms with E-state index in [1.54, 1.807) is 24.3 Å². The van der Waals surface area contributed by atoms with Gasteiger partial charge in [-0.2, -0.15) is 5.10 Å². The first kappa shape index (κ1) is 28.2. The van der Waals surface area contributed by atoms with Crippen molar-refractivity contribution in [3.8, 4) is 28.4 Å². The highest BCUT2D eigenvalue weighted by Crippen LogP contribution is 2.39. The zero-order chi connectivity index (χ0) is 27.8. The van der Waals surface area contributed by atoms with Gasteiger partial charge in [0.25, 0.3) is 5.91 Å². The average Bonchev–Trinajstić information content (AvgIpc) is 3.36. The number of esters is 1. The van der Waals surface area contributed by atoms with Gasteiger partial charge in [-0.15, -0.1) is 0 Å². The molecule has 0 aliphatic carbocycles. The van der Waals surface area contributed by atoms with E-state index in [1.807, 2.05) is 13.8 Å². The zero-order valence-corrected chi connectivity index (χ0v) is 21.9. The molecule has 0 saturated carbocycles.